The SMILES string of the molecule is Cc1cc(C)n2nc(CCCNS(=O)(=O)c3cccc(Br)c3)c(C#N)c2n1. The van der Waals surface area contributed by atoms with Gasteiger partial charge in [0.2, 0.25) is 10.0 Å². The van der Waals surface area contributed by atoms with Gasteiger partial charge in [-0.05, 0) is 51.0 Å². The lowest BCUT2D eigenvalue weighted by Gasteiger charge is -2.06. The van der Waals surface area contributed by atoms with Crippen LogP contribution in [0, 0.1) is 25.2 Å². The van der Waals surface area contributed by atoms with Crippen LogP contribution in [-0.4, -0.2) is 29.6 Å². The molecule has 1 N–H and O–H groups in total. The molecule has 3 aromatic rings. The third-order valence-corrected chi connectivity index (χ3v) is 6.02. The summed E-state index contributed by atoms with van der Waals surface area (Å²) in [7, 11) is -3.57. The molecular weight excluding hydrogens is 430 g/mol. The minimum Gasteiger partial charge on any atom is -0.233 e. The van der Waals surface area contributed by atoms with Crippen LogP contribution in [0.2, 0.25) is 0 Å². The molecular formula is C18H18BrN5O2S. The summed E-state index contributed by atoms with van der Waals surface area (Å²) in [5, 5.41) is 14.0. The maximum absolute atomic E-state index is 12.3. The molecule has 0 unspecified atom stereocenters. The van der Waals surface area contributed by atoms with E-state index in [0.29, 0.717) is 34.2 Å². The number of nitrogens with one attached hydrogen (secondary N) is 1. The van der Waals surface area contributed by atoms with E-state index in [1.807, 2.05) is 19.9 Å². The van der Waals surface area contributed by atoms with Crippen LogP contribution in [0.15, 0.2) is 39.7 Å². The zero-order valence-corrected chi connectivity index (χ0v) is 17.3. The number of sulfonamides is 1. The third kappa shape index (κ3) is 4.18. The fourth-order valence-electron chi connectivity index (χ4n) is 2.83. The van der Waals surface area contributed by atoms with Gasteiger partial charge < -0.3 is 0 Å². The van der Waals surface area contributed by atoms with E-state index in [9.17, 15) is 13.7 Å². The average Bonchev–Trinajstić information content (AvgIpc) is 2.96. The Hall–Kier alpha value is -2.28. The molecule has 27 heavy (non-hydrogen) atoms. The van der Waals surface area contributed by atoms with Crippen LogP contribution in [0.1, 0.15) is 29.1 Å². The van der Waals surface area contributed by atoms with Gasteiger partial charge in [0.25, 0.3) is 0 Å². The molecule has 2 aromatic heterocycles. The molecule has 0 amide bonds. The van der Waals surface area contributed by atoms with Gasteiger partial charge in [0.05, 0.1) is 10.6 Å². The van der Waals surface area contributed by atoms with Crippen molar-refractivity contribution < 1.29 is 8.42 Å². The largest absolute Gasteiger partial charge is 0.240 e. The molecule has 0 spiro atoms. The first-order valence-corrected chi connectivity index (χ1v) is 10.6. The Balaban J connectivity index is 1.71. The second-order valence-corrected chi connectivity index (χ2v) is 8.85. The molecule has 0 aliphatic rings. The standard InChI is InChI=1S/C18H18BrN5O2S/c1-12-9-13(2)24-18(22-12)16(11-20)17(23-24)7-4-8-21-27(25,26)15-6-3-5-14(19)10-15/h3,5-6,9-10,21H,4,7-8H2,1-2H3. The van der Waals surface area contributed by atoms with Gasteiger partial charge in [-0.3, -0.25) is 0 Å². The predicted octanol–water partition coefficient (Wildman–Crippen LogP) is 2.89. The van der Waals surface area contributed by atoms with Crippen molar-refractivity contribution in [1.82, 2.24) is 19.3 Å². The van der Waals surface area contributed by atoms with Crippen molar-refractivity contribution in [3.63, 3.8) is 0 Å². The molecule has 7 nitrogen and oxygen atoms in total. The molecule has 140 valence electrons. The van der Waals surface area contributed by atoms with Crippen molar-refractivity contribution in [1.29, 1.82) is 5.26 Å². The first-order chi connectivity index (χ1) is 12.8. The zero-order chi connectivity index (χ0) is 19.6. The molecule has 3 rings (SSSR count). The van der Waals surface area contributed by atoms with E-state index in [1.54, 1.807) is 28.8 Å². The summed E-state index contributed by atoms with van der Waals surface area (Å²) in [6.07, 6.45) is 0.996. The Morgan fingerprint density at radius 1 is 1.30 bits per heavy atom. The summed E-state index contributed by atoms with van der Waals surface area (Å²) in [5.74, 6) is 0. The minimum atomic E-state index is -3.57. The number of nitrogens with zero attached hydrogens (tertiary/aromatic N) is 4. The molecule has 0 atom stereocenters. The van der Waals surface area contributed by atoms with E-state index < -0.39 is 10.0 Å². The van der Waals surface area contributed by atoms with E-state index >= 15 is 0 Å². The van der Waals surface area contributed by atoms with Crippen molar-refractivity contribution in [2.45, 2.75) is 31.6 Å². The van der Waals surface area contributed by atoms with Crippen LogP contribution in [0.4, 0.5) is 0 Å². The fourth-order valence-corrected chi connectivity index (χ4v) is 4.50. The van der Waals surface area contributed by atoms with Crippen molar-refractivity contribution in [2.24, 2.45) is 0 Å². The van der Waals surface area contributed by atoms with Gasteiger partial charge in [0.1, 0.15) is 11.6 Å². The second-order valence-electron chi connectivity index (χ2n) is 6.17. The Morgan fingerprint density at radius 3 is 2.78 bits per heavy atom. The minimum absolute atomic E-state index is 0.206. The third-order valence-electron chi connectivity index (χ3n) is 4.07. The first kappa shape index (κ1) is 19.5. The lowest BCUT2D eigenvalue weighted by molar-refractivity contribution is 0.578. The highest BCUT2D eigenvalue weighted by molar-refractivity contribution is 9.10. The highest BCUT2D eigenvalue weighted by Crippen LogP contribution is 2.18. The summed E-state index contributed by atoms with van der Waals surface area (Å²) in [5.41, 5.74) is 3.33. The second kappa shape index (κ2) is 7.76. The molecule has 0 aliphatic carbocycles. The normalized spacial score (nSPS) is 11.6. The van der Waals surface area contributed by atoms with Crippen LogP contribution >= 0.6 is 15.9 Å². The monoisotopic (exact) mass is 447 g/mol. The predicted molar refractivity (Wildman–Crippen MR) is 105 cm³/mol. The molecule has 0 bridgehead atoms. The van der Waals surface area contributed by atoms with Gasteiger partial charge in [-0.1, -0.05) is 22.0 Å². The van der Waals surface area contributed by atoms with E-state index in [2.05, 4.69) is 36.8 Å². The summed E-state index contributed by atoms with van der Waals surface area (Å²) in [6.45, 7) is 4.03. The Labute approximate surface area is 166 Å². The molecule has 0 fully saturated rings. The van der Waals surface area contributed by atoms with Gasteiger partial charge in [-0.25, -0.2) is 22.6 Å². The van der Waals surface area contributed by atoms with E-state index in [-0.39, 0.29) is 11.4 Å². The maximum atomic E-state index is 12.3. The number of nitriles is 1. The van der Waals surface area contributed by atoms with Crippen molar-refractivity contribution >= 4 is 31.6 Å². The van der Waals surface area contributed by atoms with Crippen LogP contribution in [-0.2, 0) is 16.4 Å². The molecule has 9 heteroatoms. The molecule has 1 aromatic carbocycles. The van der Waals surface area contributed by atoms with Gasteiger partial charge in [0.15, 0.2) is 5.65 Å². The first-order valence-electron chi connectivity index (χ1n) is 8.33. The van der Waals surface area contributed by atoms with E-state index in [4.69, 9.17) is 0 Å². The van der Waals surface area contributed by atoms with E-state index in [0.717, 1.165) is 11.4 Å². The highest BCUT2D eigenvalue weighted by Gasteiger charge is 2.17. The number of aryl methyl sites for hydroxylation is 3. The van der Waals surface area contributed by atoms with Gasteiger partial charge in [-0.15, -0.1) is 0 Å². The van der Waals surface area contributed by atoms with Gasteiger partial charge >= 0.3 is 0 Å². The summed E-state index contributed by atoms with van der Waals surface area (Å²) >= 11 is 3.27. The lowest BCUT2D eigenvalue weighted by Crippen LogP contribution is -2.25. The molecule has 2 heterocycles. The van der Waals surface area contributed by atoms with Crippen LogP contribution < -0.4 is 4.72 Å². The summed E-state index contributed by atoms with van der Waals surface area (Å²) in [4.78, 5) is 4.61. The average molecular weight is 448 g/mol. The van der Waals surface area contributed by atoms with Crippen molar-refractivity contribution in [3.05, 3.63) is 57.4 Å². The number of benzene rings is 1. The van der Waals surface area contributed by atoms with Gasteiger partial charge in [0, 0.05) is 22.4 Å². The molecule has 0 saturated carbocycles. The lowest BCUT2D eigenvalue weighted by atomic mass is 10.1. The van der Waals surface area contributed by atoms with Crippen LogP contribution in [0.5, 0.6) is 0 Å². The Kier molecular flexibility index (Phi) is 5.60. The van der Waals surface area contributed by atoms with E-state index in [1.165, 1.54) is 0 Å². The van der Waals surface area contributed by atoms with Crippen LogP contribution in [0.25, 0.3) is 5.65 Å². The molecule has 0 saturated heterocycles. The van der Waals surface area contributed by atoms with Gasteiger partial charge in [-0.2, -0.15) is 10.4 Å². The summed E-state index contributed by atoms with van der Waals surface area (Å²) in [6, 6.07) is 10.6. The highest BCUT2D eigenvalue weighted by atomic mass is 79.9. The number of hydrogen-bond donors (Lipinski definition) is 1. The smallest absolute Gasteiger partial charge is 0.233 e. The zero-order valence-electron chi connectivity index (χ0n) is 14.9. The van der Waals surface area contributed by atoms with Crippen LogP contribution in [0.3, 0.4) is 0 Å². The van der Waals surface area contributed by atoms with Crippen molar-refractivity contribution in [2.75, 3.05) is 6.54 Å². The summed E-state index contributed by atoms with van der Waals surface area (Å²) < 4.78 is 29.6. The molecule has 0 aliphatic heterocycles. The quantitative estimate of drug-likeness (QED) is 0.585. The number of fused-ring (bicyclic) bond motifs is 1. The number of halogens is 1. The maximum Gasteiger partial charge on any atom is 0.240 e. The fraction of sp³-hybridized carbons (Fsp3) is 0.278. The number of rotatable bonds is 6. The topological polar surface area (TPSA) is 100 Å². The molecule has 0 radical (unpaired) electrons. The Bertz CT molecular complexity index is 1150. The number of aromatic nitrogens is 3. The van der Waals surface area contributed by atoms with Crippen molar-refractivity contribution in [3.8, 4) is 6.07 Å². The number of hydrogen-bond acceptors (Lipinski definition) is 5. The Morgan fingerprint density at radius 2 is 2.07 bits per heavy atom.